The normalized spacial score (nSPS) is 29.7. The molecule has 4 heteroatoms. The maximum Gasteiger partial charge on any atom is 0.144 e. The van der Waals surface area contributed by atoms with Crippen LogP contribution in [0.3, 0.4) is 0 Å². The highest BCUT2D eigenvalue weighted by Crippen LogP contribution is 2.76. The molecule has 5 fully saturated rings. The van der Waals surface area contributed by atoms with Gasteiger partial charge in [-0.25, -0.2) is 0 Å². The van der Waals surface area contributed by atoms with Crippen LogP contribution in [0.5, 0.6) is 0 Å². The van der Waals surface area contributed by atoms with Crippen LogP contribution in [0.2, 0.25) is 0 Å². The zero-order valence-corrected chi connectivity index (χ0v) is 35.4. The van der Waals surface area contributed by atoms with E-state index in [2.05, 4.69) is 120 Å². The average Bonchev–Trinajstić information content (AvgIpc) is 4.07. The summed E-state index contributed by atoms with van der Waals surface area (Å²) in [7, 11) is 0. The largest absolute Gasteiger partial charge is 0.455 e. The maximum atomic E-state index is 7.25. The lowest BCUT2D eigenvalue weighted by atomic mass is 9.56. The van der Waals surface area contributed by atoms with Crippen LogP contribution in [0.1, 0.15) is 110 Å². The Kier molecular flexibility index (Phi) is 6.06. The first kappa shape index (κ1) is 33.5. The number of pyridine rings is 2. The van der Waals surface area contributed by atoms with Gasteiger partial charge in [-0.15, -0.1) is 0 Å². The lowest BCUT2D eigenvalue weighted by molar-refractivity contribution is 0.00321. The fourth-order valence-corrected chi connectivity index (χ4v) is 17.0. The highest BCUT2D eigenvalue weighted by atomic mass is 16.3. The van der Waals surface area contributed by atoms with Gasteiger partial charge in [-0.05, 0) is 168 Å². The topological polar surface area (TPSA) is 43.3 Å². The van der Waals surface area contributed by atoms with E-state index in [1.807, 2.05) is 0 Å². The number of benzene rings is 5. The summed E-state index contributed by atoms with van der Waals surface area (Å²) < 4.78 is 9.90. The first-order chi connectivity index (χ1) is 31.1. The van der Waals surface area contributed by atoms with Crippen molar-refractivity contribution in [1.29, 1.82) is 0 Å². The Bertz CT molecular complexity index is 3640. The van der Waals surface area contributed by atoms with Gasteiger partial charge < -0.3 is 8.82 Å². The molecule has 5 aromatic heterocycles. The molecule has 5 heterocycles. The Labute approximate surface area is 365 Å². The van der Waals surface area contributed by atoms with Gasteiger partial charge in [-0.3, -0.25) is 9.97 Å². The minimum absolute atomic E-state index is 0.568. The van der Waals surface area contributed by atoms with Crippen molar-refractivity contribution in [1.82, 2.24) is 14.4 Å². The standard InChI is InChI=1S/C59H47N3O/c1-3-9-32(10-4-1)42-25-43(33-11-5-2-6-12-33)52-41-13-7-8-14-48(41)63-58(52)49(42)35-22-44-53-46(28-60-55-36-18-30-15-31(19-36)17-34(16-30)50(53)55)62-47-29-61-56-38-21-40-24-39-20-37(26-59(39,40)27-38)51(56)54(47)45(23-35)57(44)62/h1-14,22-23,25,28-31,34,36-40H,15-21,24,26-27H2. The maximum absolute atomic E-state index is 7.25. The molecule has 5 saturated carbocycles. The molecule has 304 valence electrons. The molecule has 0 saturated heterocycles. The molecule has 0 amide bonds. The van der Waals surface area contributed by atoms with Gasteiger partial charge in [0, 0.05) is 61.1 Å². The van der Waals surface area contributed by atoms with Crippen molar-refractivity contribution in [2.45, 2.75) is 87.9 Å². The molecule has 7 unspecified atom stereocenters. The molecule has 18 rings (SSSR count). The lowest BCUT2D eigenvalue weighted by Gasteiger charge is -2.48. The molecule has 4 nitrogen and oxygen atoms in total. The molecule has 0 radical (unpaired) electrons. The van der Waals surface area contributed by atoms with Gasteiger partial charge >= 0.3 is 0 Å². The fraction of sp³-hybridized carbons (Fsp3) is 0.322. The van der Waals surface area contributed by atoms with Crippen LogP contribution in [-0.2, 0) is 0 Å². The highest BCUT2D eigenvalue weighted by Gasteiger charge is 2.66. The molecule has 0 aliphatic heterocycles. The first-order valence-electron chi connectivity index (χ1n) is 24.3. The van der Waals surface area contributed by atoms with Crippen LogP contribution in [-0.4, -0.2) is 14.4 Å². The summed E-state index contributed by atoms with van der Waals surface area (Å²) in [6.45, 7) is 0. The van der Waals surface area contributed by atoms with E-state index in [0.29, 0.717) is 29.1 Å². The highest BCUT2D eigenvalue weighted by molar-refractivity contribution is 6.27. The summed E-state index contributed by atoms with van der Waals surface area (Å²) in [5.74, 6) is 5.82. The van der Waals surface area contributed by atoms with E-state index in [9.17, 15) is 0 Å². The van der Waals surface area contributed by atoms with E-state index >= 15 is 0 Å². The number of nitrogens with zero attached hydrogens (tertiary/aromatic N) is 3. The number of hydrogen-bond donors (Lipinski definition) is 0. The van der Waals surface area contributed by atoms with Crippen molar-refractivity contribution < 1.29 is 4.42 Å². The molecular formula is C59H47N3O. The molecule has 5 aromatic carbocycles. The van der Waals surface area contributed by atoms with Crippen LogP contribution >= 0.6 is 0 Å². The van der Waals surface area contributed by atoms with Gasteiger partial charge in [0.15, 0.2) is 0 Å². The first-order valence-corrected chi connectivity index (χ1v) is 24.3. The van der Waals surface area contributed by atoms with Crippen molar-refractivity contribution in [3.05, 3.63) is 138 Å². The second-order valence-electron chi connectivity index (χ2n) is 21.7. The summed E-state index contributed by atoms with van der Waals surface area (Å²) >= 11 is 0. The van der Waals surface area contributed by atoms with E-state index in [-0.39, 0.29) is 0 Å². The number of para-hydroxylation sites is 1. The van der Waals surface area contributed by atoms with Gasteiger partial charge in [0.25, 0.3) is 0 Å². The van der Waals surface area contributed by atoms with Crippen molar-refractivity contribution in [2.24, 2.45) is 29.1 Å². The van der Waals surface area contributed by atoms with Crippen molar-refractivity contribution in [3.8, 4) is 33.4 Å². The van der Waals surface area contributed by atoms with Crippen molar-refractivity contribution in [2.75, 3.05) is 0 Å². The van der Waals surface area contributed by atoms with Crippen LogP contribution in [0.4, 0.5) is 0 Å². The predicted molar refractivity (Wildman–Crippen MR) is 254 cm³/mol. The quantitative estimate of drug-likeness (QED) is 0.178. The zero-order chi connectivity index (χ0) is 40.4. The molecule has 8 aliphatic rings. The van der Waals surface area contributed by atoms with Crippen LogP contribution < -0.4 is 0 Å². The summed E-state index contributed by atoms with van der Waals surface area (Å²) in [6.07, 6.45) is 18.1. The number of aromatic nitrogens is 3. The summed E-state index contributed by atoms with van der Waals surface area (Å²) in [5.41, 5.74) is 19.8. The molecule has 63 heavy (non-hydrogen) atoms. The Balaban J connectivity index is 1.05. The van der Waals surface area contributed by atoms with Gasteiger partial charge in [0.05, 0.1) is 28.9 Å². The molecule has 7 bridgehead atoms. The fourth-order valence-electron chi connectivity index (χ4n) is 17.0. The average molecular weight is 814 g/mol. The summed E-state index contributed by atoms with van der Waals surface area (Å²) in [4.78, 5) is 11.2. The second kappa shape index (κ2) is 11.4. The Hall–Kier alpha value is -6.00. The van der Waals surface area contributed by atoms with E-state index in [4.69, 9.17) is 14.4 Å². The van der Waals surface area contributed by atoms with E-state index in [1.54, 1.807) is 11.1 Å². The predicted octanol–water partition coefficient (Wildman–Crippen LogP) is 15.3. The third kappa shape index (κ3) is 4.04. The van der Waals surface area contributed by atoms with E-state index in [0.717, 1.165) is 34.8 Å². The van der Waals surface area contributed by atoms with Crippen LogP contribution in [0.15, 0.2) is 120 Å². The number of furan rings is 1. The number of fused-ring (bicyclic) bond motifs is 15. The van der Waals surface area contributed by atoms with Crippen molar-refractivity contribution >= 4 is 60.0 Å². The summed E-state index contributed by atoms with van der Waals surface area (Å²) in [5, 5.41) is 8.12. The Morgan fingerprint density at radius 2 is 1.11 bits per heavy atom. The minimum atomic E-state index is 0.568. The van der Waals surface area contributed by atoms with Gasteiger partial charge in [-0.2, -0.15) is 0 Å². The number of hydrogen-bond acceptors (Lipinski definition) is 3. The SMILES string of the molecule is c1ccc(-c2cc(-c3ccccc3)c3c(oc4ccccc43)c2-c2cc3c4c5c(ncc4n4c6cnc7c(c6c(c2)c34)C2CC3CC4CC7CC43C2)C2CC3CC(C2)CC5C3)cc1. The van der Waals surface area contributed by atoms with Crippen LogP contribution in [0, 0.1) is 29.1 Å². The zero-order valence-electron chi connectivity index (χ0n) is 35.4. The molecule has 8 aliphatic carbocycles. The molecular weight excluding hydrogens is 767 g/mol. The summed E-state index contributed by atoms with van der Waals surface area (Å²) in [6, 6.07) is 38.4. The Morgan fingerprint density at radius 3 is 1.84 bits per heavy atom. The van der Waals surface area contributed by atoms with Gasteiger partial charge in [0.1, 0.15) is 11.2 Å². The lowest BCUT2D eigenvalue weighted by Crippen LogP contribution is -2.41. The molecule has 7 atom stereocenters. The van der Waals surface area contributed by atoms with E-state index in [1.165, 1.54) is 158 Å². The van der Waals surface area contributed by atoms with Crippen molar-refractivity contribution in [3.63, 3.8) is 0 Å². The molecule has 0 N–H and O–H groups in total. The van der Waals surface area contributed by atoms with Gasteiger partial charge in [-0.1, -0.05) is 78.9 Å². The third-order valence-electron chi connectivity index (χ3n) is 19.0. The molecule has 1 spiro atoms. The third-order valence-corrected chi connectivity index (χ3v) is 19.0. The second-order valence-corrected chi connectivity index (χ2v) is 21.7. The van der Waals surface area contributed by atoms with Gasteiger partial charge in [0.2, 0.25) is 0 Å². The smallest absolute Gasteiger partial charge is 0.144 e. The minimum Gasteiger partial charge on any atom is -0.455 e. The monoisotopic (exact) mass is 813 g/mol. The van der Waals surface area contributed by atoms with E-state index < -0.39 is 0 Å². The van der Waals surface area contributed by atoms with Crippen LogP contribution in [0.25, 0.3) is 93.4 Å². The number of rotatable bonds is 3. The Morgan fingerprint density at radius 1 is 0.508 bits per heavy atom. The molecule has 10 aromatic rings.